The van der Waals surface area contributed by atoms with Crippen LogP contribution in [0, 0.1) is 0 Å². The molecule has 13 heavy (non-hydrogen) atoms. The average molecular weight is 199 g/mol. The van der Waals surface area contributed by atoms with E-state index >= 15 is 0 Å². The van der Waals surface area contributed by atoms with Gasteiger partial charge in [0.2, 0.25) is 0 Å². The Hall–Kier alpha value is -1.02. The molecule has 0 amide bonds. The van der Waals surface area contributed by atoms with Gasteiger partial charge >= 0.3 is 5.97 Å². The van der Waals surface area contributed by atoms with Gasteiger partial charge < -0.3 is 4.74 Å². The van der Waals surface area contributed by atoms with E-state index in [2.05, 4.69) is 4.74 Å². The molecule has 1 atom stereocenters. The Labute approximate surface area is 82.5 Å². The van der Waals surface area contributed by atoms with Gasteiger partial charge in [0, 0.05) is 5.02 Å². The maximum absolute atomic E-state index is 11.1. The van der Waals surface area contributed by atoms with E-state index in [1.54, 1.807) is 19.1 Å². The number of hydrogen-bond acceptors (Lipinski definition) is 2. The van der Waals surface area contributed by atoms with Gasteiger partial charge in [-0.1, -0.05) is 23.7 Å². The molecule has 2 nitrogen and oxygen atoms in total. The van der Waals surface area contributed by atoms with Crippen LogP contribution < -0.4 is 0 Å². The normalized spacial score (nSPS) is 12.2. The molecular formula is C10H11ClO2. The van der Waals surface area contributed by atoms with Crippen LogP contribution in [-0.2, 0) is 9.53 Å². The molecule has 0 aliphatic carbocycles. The lowest BCUT2D eigenvalue weighted by atomic mass is 10.0. The number of carbonyl (C=O) groups excluding carboxylic acids is 1. The number of carbonyl (C=O) groups is 1. The number of esters is 1. The summed E-state index contributed by atoms with van der Waals surface area (Å²) in [4.78, 5) is 11.1. The van der Waals surface area contributed by atoms with E-state index in [-0.39, 0.29) is 11.9 Å². The van der Waals surface area contributed by atoms with Crippen LogP contribution >= 0.6 is 11.6 Å². The molecule has 0 saturated carbocycles. The summed E-state index contributed by atoms with van der Waals surface area (Å²) in [6, 6.07) is 7.17. The highest BCUT2D eigenvalue weighted by molar-refractivity contribution is 6.30. The number of ether oxygens (including phenoxy) is 1. The third-order valence-corrected chi connectivity index (χ3v) is 2.18. The topological polar surface area (TPSA) is 26.3 Å². The Morgan fingerprint density at radius 2 is 1.92 bits per heavy atom. The zero-order chi connectivity index (χ0) is 9.84. The minimum atomic E-state index is -0.234. The van der Waals surface area contributed by atoms with Gasteiger partial charge in [-0.2, -0.15) is 0 Å². The van der Waals surface area contributed by atoms with Crippen molar-refractivity contribution in [3.05, 3.63) is 34.9 Å². The van der Waals surface area contributed by atoms with Crippen molar-refractivity contribution in [2.75, 3.05) is 7.11 Å². The molecular weight excluding hydrogens is 188 g/mol. The predicted octanol–water partition coefficient (Wildman–Crippen LogP) is 2.62. The van der Waals surface area contributed by atoms with Gasteiger partial charge in [0.05, 0.1) is 13.0 Å². The highest BCUT2D eigenvalue weighted by atomic mass is 35.5. The smallest absolute Gasteiger partial charge is 0.312 e. The molecule has 0 aromatic heterocycles. The van der Waals surface area contributed by atoms with Gasteiger partial charge in [-0.3, -0.25) is 4.79 Å². The number of benzene rings is 1. The number of halogens is 1. The van der Waals surface area contributed by atoms with E-state index in [1.807, 2.05) is 12.1 Å². The van der Waals surface area contributed by atoms with E-state index in [0.717, 1.165) is 5.56 Å². The standard InChI is InChI=1S/C10H11ClO2/c1-7(10(12)13-2)8-3-5-9(11)6-4-8/h3-7H,1-2H3/t7-/m1/s1. The molecule has 0 bridgehead atoms. The molecule has 0 saturated heterocycles. The van der Waals surface area contributed by atoms with Crippen molar-refractivity contribution in [2.24, 2.45) is 0 Å². The lowest BCUT2D eigenvalue weighted by molar-refractivity contribution is -0.141. The molecule has 70 valence electrons. The molecule has 0 N–H and O–H groups in total. The van der Waals surface area contributed by atoms with Gasteiger partial charge in [-0.25, -0.2) is 0 Å². The largest absolute Gasteiger partial charge is 0.469 e. The summed E-state index contributed by atoms with van der Waals surface area (Å²) in [5.74, 6) is -0.468. The lowest BCUT2D eigenvalue weighted by Crippen LogP contribution is -2.10. The lowest BCUT2D eigenvalue weighted by Gasteiger charge is -2.08. The van der Waals surface area contributed by atoms with Crippen LogP contribution in [0.25, 0.3) is 0 Å². The molecule has 1 aromatic rings. The van der Waals surface area contributed by atoms with Gasteiger partial charge in [-0.15, -0.1) is 0 Å². The van der Waals surface area contributed by atoms with E-state index in [1.165, 1.54) is 7.11 Å². The van der Waals surface area contributed by atoms with Crippen LogP contribution in [0.15, 0.2) is 24.3 Å². The summed E-state index contributed by atoms with van der Waals surface area (Å²) >= 11 is 5.71. The van der Waals surface area contributed by atoms with Crippen LogP contribution in [0.4, 0.5) is 0 Å². The Kier molecular flexibility index (Phi) is 3.32. The second-order valence-corrected chi connectivity index (χ2v) is 3.23. The minimum Gasteiger partial charge on any atom is -0.469 e. The first-order valence-corrected chi connectivity index (χ1v) is 4.36. The van der Waals surface area contributed by atoms with Gasteiger partial charge in [-0.05, 0) is 24.6 Å². The molecule has 0 spiro atoms. The molecule has 0 fully saturated rings. The van der Waals surface area contributed by atoms with Crippen molar-refractivity contribution in [1.82, 2.24) is 0 Å². The average Bonchev–Trinajstić information content (AvgIpc) is 2.17. The fourth-order valence-corrected chi connectivity index (χ4v) is 1.19. The van der Waals surface area contributed by atoms with Crippen LogP contribution in [-0.4, -0.2) is 13.1 Å². The first-order valence-electron chi connectivity index (χ1n) is 3.98. The highest BCUT2D eigenvalue weighted by Crippen LogP contribution is 2.18. The van der Waals surface area contributed by atoms with Crippen molar-refractivity contribution in [3.8, 4) is 0 Å². The van der Waals surface area contributed by atoms with Crippen molar-refractivity contribution < 1.29 is 9.53 Å². The number of hydrogen-bond donors (Lipinski definition) is 0. The quantitative estimate of drug-likeness (QED) is 0.683. The molecule has 0 radical (unpaired) electrons. The van der Waals surface area contributed by atoms with Gasteiger partial charge in [0.25, 0.3) is 0 Å². The van der Waals surface area contributed by atoms with E-state index in [9.17, 15) is 4.79 Å². The maximum atomic E-state index is 11.1. The molecule has 0 aliphatic rings. The Morgan fingerprint density at radius 1 is 1.38 bits per heavy atom. The molecule has 0 unspecified atom stereocenters. The summed E-state index contributed by atoms with van der Waals surface area (Å²) in [7, 11) is 1.38. The number of rotatable bonds is 2. The second kappa shape index (κ2) is 4.28. The summed E-state index contributed by atoms with van der Waals surface area (Å²) < 4.78 is 4.62. The van der Waals surface area contributed by atoms with E-state index in [4.69, 9.17) is 11.6 Å². The third-order valence-electron chi connectivity index (χ3n) is 1.92. The minimum absolute atomic E-state index is 0.234. The van der Waals surface area contributed by atoms with Crippen molar-refractivity contribution in [3.63, 3.8) is 0 Å². The molecule has 0 aliphatic heterocycles. The zero-order valence-electron chi connectivity index (χ0n) is 7.58. The van der Waals surface area contributed by atoms with E-state index < -0.39 is 0 Å². The summed E-state index contributed by atoms with van der Waals surface area (Å²) in [6.45, 7) is 1.80. The van der Waals surface area contributed by atoms with Crippen LogP contribution in [0.2, 0.25) is 5.02 Å². The van der Waals surface area contributed by atoms with Gasteiger partial charge in [0.1, 0.15) is 0 Å². The van der Waals surface area contributed by atoms with Crippen molar-refractivity contribution in [1.29, 1.82) is 0 Å². The molecule has 1 aromatic carbocycles. The Balaban J connectivity index is 2.83. The van der Waals surface area contributed by atoms with E-state index in [0.29, 0.717) is 5.02 Å². The number of methoxy groups -OCH3 is 1. The Bertz CT molecular complexity index is 292. The molecule has 0 heterocycles. The first kappa shape index (κ1) is 10.1. The second-order valence-electron chi connectivity index (χ2n) is 2.80. The first-order chi connectivity index (χ1) is 6.15. The predicted molar refractivity (Wildman–Crippen MR) is 51.9 cm³/mol. The van der Waals surface area contributed by atoms with Gasteiger partial charge in [0.15, 0.2) is 0 Å². The highest BCUT2D eigenvalue weighted by Gasteiger charge is 2.14. The summed E-state index contributed by atoms with van der Waals surface area (Å²) in [5, 5.41) is 0.667. The monoisotopic (exact) mass is 198 g/mol. The fourth-order valence-electron chi connectivity index (χ4n) is 1.06. The Morgan fingerprint density at radius 3 is 2.38 bits per heavy atom. The maximum Gasteiger partial charge on any atom is 0.312 e. The SMILES string of the molecule is COC(=O)[C@H](C)c1ccc(Cl)cc1. The molecule has 1 rings (SSSR count). The van der Waals surface area contributed by atoms with Crippen LogP contribution in [0.1, 0.15) is 18.4 Å². The fraction of sp³-hybridized carbons (Fsp3) is 0.300. The van der Waals surface area contributed by atoms with Crippen molar-refractivity contribution >= 4 is 17.6 Å². The van der Waals surface area contributed by atoms with Crippen LogP contribution in [0.3, 0.4) is 0 Å². The summed E-state index contributed by atoms with van der Waals surface area (Å²) in [5.41, 5.74) is 0.913. The van der Waals surface area contributed by atoms with Crippen LogP contribution in [0.5, 0.6) is 0 Å². The zero-order valence-corrected chi connectivity index (χ0v) is 8.34. The third kappa shape index (κ3) is 2.46. The summed E-state index contributed by atoms with van der Waals surface area (Å²) in [6.07, 6.45) is 0. The molecule has 3 heteroatoms. The van der Waals surface area contributed by atoms with Crippen molar-refractivity contribution in [2.45, 2.75) is 12.8 Å².